The van der Waals surface area contributed by atoms with Gasteiger partial charge in [0.15, 0.2) is 0 Å². The normalized spacial score (nSPS) is 17.4. The number of rotatable bonds is 3. The smallest absolute Gasteiger partial charge is 0.126 e. The zero-order chi connectivity index (χ0) is 12.6. The van der Waals surface area contributed by atoms with Crippen LogP contribution >= 0.6 is 0 Å². The number of hydrogen-bond donors (Lipinski definition) is 2. The van der Waals surface area contributed by atoms with E-state index >= 15 is 0 Å². The Labute approximate surface area is 106 Å². The lowest BCUT2D eigenvalue weighted by Gasteiger charge is -2.38. The van der Waals surface area contributed by atoms with Crippen molar-refractivity contribution in [1.82, 2.24) is 5.32 Å². The van der Waals surface area contributed by atoms with Crippen molar-refractivity contribution in [2.75, 3.05) is 20.2 Å². The van der Waals surface area contributed by atoms with Gasteiger partial charge in [-0.3, -0.25) is 0 Å². The van der Waals surface area contributed by atoms with Crippen LogP contribution in [0.3, 0.4) is 0 Å². The predicted molar refractivity (Wildman–Crippen MR) is 72.0 cm³/mol. The summed E-state index contributed by atoms with van der Waals surface area (Å²) >= 11 is 0. The Morgan fingerprint density at radius 3 is 2.50 bits per heavy atom. The van der Waals surface area contributed by atoms with Crippen molar-refractivity contribution >= 4 is 10.8 Å². The molecule has 2 aromatic rings. The second-order valence-corrected chi connectivity index (χ2v) is 4.98. The molecular weight excluding hydrogens is 226 g/mol. The topological polar surface area (TPSA) is 41.5 Å². The fourth-order valence-corrected chi connectivity index (χ4v) is 2.56. The summed E-state index contributed by atoms with van der Waals surface area (Å²) in [7, 11) is 1.69. The first-order chi connectivity index (χ1) is 8.72. The van der Waals surface area contributed by atoms with Gasteiger partial charge in [0.05, 0.1) is 12.7 Å². The van der Waals surface area contributed by atoms with Crippen molar-refractivity contribution in [1.29, 1.82) is 0 Å². The van der Waals surface area contributed by atoms with Gasteiger partial charge in [-0.1, -0.05) is 30.3 Å². The van der Waals surface area contributed by atoms with Gasteiger partial charge < -0.3 is 15.2 Å². The molecule has 0 atom stereocenters. The van der Waals surface area contributed by atoms with Crippen LogP contribution in [0.2, 0.25) is 0 Å². The highest BCUT2D eigenvalue weighted by Crippen LogP contribution is 2.30. The molecule has 18 heavy (non-hydrogen) atoms. The van der Waals surface area contributed by atoms with Crippen molar-refractivity contribution in [3.63, 3.8) is 0 Å². The Morgan fingerprint density at radius 2 is 1.89 bits per heavy atom. The molecule has 1 aliphatic rings. The molecule has 3 rings (SSSR count). The molecule has 94 valence electrons. The molecule has 2 aromatic carbocycles. The standard InChI is InChI=1S/C15H17NO2/c1-18-14-7-6-11(8-15(17)9-16-10-15)12-4-2-3-5-13(12)14/h2-7,16-17H,8-10H2,1H3. The molecule has 0 spiro atoms. The maximum absolute atomic E-state index is 10.3. The van der Waals surface area contributed by atoms with E-state index < -0.39 is 5.60 Å². The summed E-state index contributed by atoms with van der Waals surface area (Å²) in [6.07, 6.45) is 0.685. The van der Waals surface area contributed by atoms with E-state index in [1.54, 1.807) is 7.11 Å². The van der Waals surface area contributed by atoms with Crippen molar-refractivity contribution < 1.29 is 9.84 Å². The Hall–Kier alpha value is -1.58. The first-order valence-electron chi connectivity index (χ1n) is 6.20. The molecule has 3 heteroatoms. The Kier molecular flexibility index (Phi) is 2.73. The number of fused-ring (bicyclic) bond motifs is 1. The Balaban J connectivity index is 2.07. The first kappa shape index (κ1) is 11.5. The summed E-state index contributed by atoms with van der Waals surface area (Å²) in [5.74, 6) is 0.882. The van der Waals surface area contributed by atoms with E-state index in [1.165, 1.54) is 5.56 Å². The van der Waals surface area contributed by atoms with E-state index in [-0.39, 0.29) is 0 Å². The summed E-state index contributed by atoms with van der Waals surface area (Å²) < 4.78 is 5.38. The third kappa shape index (κ3) is 1.85. The number of β-amino-alcohol motifs (C(OH)–C–C–N with tert-alkyl or cyclic N) is 1. The molecule has 2 N–H and O–H groups in total. The van der Waals surface area contributed by atoms with Gasteiger partial charge in [0.2, 0.25) is 0 Å². The molecule has 1 saturated heterocycles. The van der Waals surface area contributed by atoms with E-state index in [2.05, 4.69) is 23.5 Å². The van der Waals surface area contributed by atoms with Gasteiger partial charge in [-0.15, -0.1) is 0 Å². The quantitative estimate of drug-likeness (QED) is 0.862. The number of aliphatic hydroxyl groups is 1. The lowest BCUT2D eigenvalue weighted by atomic mass is 9.87. The summed E-state index contributed by atoms with van der Waals surface area (Å²) in [6.45, 7) is 1.35. The minimum Gasteiger partial charge on any atom is -0.496 e. The van der Waals surface area contributed by atoms with Crippen LogP contribution in [0, 0.1) is 0 Å². The van der Waals surface area contributed by atoms with Crippen LogP contribution in [0.15, 0.2) is 36.4 Å². The SMILES string of the molecule is COc1ccc(CC2(O)CNC2)c2ccccc12. The van der Waals surface area contributed by atoms with Gasteiger partial charge in [0, 0.05) is 24.9 Å². The van der Waals surface area contributed by atoms with E-state index in [0.717, 1.165) is 16.5 Å². The number of hydrogen-bond acceptors (Lipinski definition) is 3. The molecule has 0 saturated carbocycles. The van der Waals surface area contributed by atoms with E-state index in [0.29, 0.717) is 19.5 Å². The van der Waals surface area contributed by atoms with Crippen molar-refractivity contribution in [2.45, 2.75) is 12.0 Å². The maximum atomic E-state index is 10.3. The maximum Gasteiger partial charge on any atom is 0.126 e. The van der Waals surface area contributed by atoms with Crippen LogP contribution in [0.25, 0.3) is 10.8 Å². The third-order valence-electron chi connectivity index (χ3n) is 3.62. The predicted octanol–water partition coefficient (Wildman–Crippen LogP) is 1.73. The van der Waals surface area contributed by atoms with Crippen LogP contribution in [0.1, 0.15) is 5.56 Å². The highest BCUT2D eigenvalue weighted by molar-refractivity contribution is 5.91. The fourth-order valence-electron chi connectivity index (χ4n) is 2.56. The van der Waals surface area contributed by atoms with E-state index in [1.807, 2.05) is 18.2 Å². The second-order valence-electron chi connectivity index (χ2n) is 4.98. The van der Waals surface area contributed by atoms with Crippen molar-refractivity contribution in [3.05, 3.63) is 42.0 Å². The van der Waals surface area contributed by atoms with Gasteiger partial charge >= 0.3 is 0 Å². The zero-order valence-electron chi connectivity index (χ0n) is 10.4. The number of methoxy groups -OCH3 is 1. The average molecular weight is 243 g/mol. The monoisotopic (exact) mass is 243 g/mol. The summed E-state index contributed by atoms with van der Waals surface area (Å²) in [4.78, 5) is 0. The summed E-state index contributed by atoms with van der Waals surface area (Å²) in [6, 6.07) is 12.2. The Bertz CT molecular complexity index is 576. The van der Waals surface area contributed by atoms with E-state index in [9.17, 15) is 5.11 Å². The van der Waals surface area contributed by atoms with Gasteiger partial charge in [-0.25, -0.2) is 0 Å². The fraction of sp³-hybridized carbons (Fsp3) is 0.333. The summed E-state index contributed by atoms with van der Waals surface area (Å²) in [5, 5.41) is 15.6. The first-order valence-corrected chi connectivity index (χ1v) is 6.20. The molecular formula is C15H17NO2. The van der Waals surface area contributed by atoms with Crippen LogP contribution in [-0.2, 0) is 6.42 Å². The molecule has 0 aromatic heterocycles. The Morgan fingerprint density at radius 1 is 1.17 bits per heavy atom. The highest BCUT2D eigenvalue weighted by atomic mass is 16.5. The molecule has 0 amide bonds. The van der Waals surface area contributed by atoms with Crippen LogP contribution in [0.4, 0.5) is 0 Å². The van der Waals surface area contributed by atoms with Gasteiger partial charge in [0.25, 0.3) is 0 Å². The van der Waals surface area contributed by atoms with Gasteiger partial charge in [-0.2, -0.15) is 0 Å². The van der Waals surface area contributed by atoms with E-state index in [4.69, 9.17) is 4.74 Å². The molecule has 0 unspecified atom stereocenters. The average Bonchev–Trinajstić information content (AvgIpc) is 2.37. The minimum atomic E-state index is -0.586. The largest absolute Gasteiger partial charge is 0.496 e. The van der Waals surface area contributed by atoms with Gasteiger partial charge in [0.1, 0.15) is 5.75 Å². The third-order valence-corrected chi connectivity index (χ3v) is 3.62. The number of benzene rings is 2. The van der Waals surface area contributed by atoms with Crippen molar-refractivity contribution in [2.24, 2.45) is 0 Å². The highest BCUT2D eigenvalue weighted by Gasteiger charge is 2.34. The molecule has 0 aliphatic carbocycles. The van der Waals surface area contributed by atoms with Crippen LogP contribution < -0.4 is 10.1 Å². The number of nitrogens with one attached hydrogen (secondary N) is 1. The van der Waals surface area contributed by atoms with Crippen LogP contribution in [0.5, 0.6) is 5.75 Å². The lowest BCUT2D eigenvalue weighted by Crippen LogP contribution is -2.60. The number of ether oxygens (including phenoxy) is 1. The van der Waals surface area contributed by atoms with Crippen LogP contribution in [-0.4, -0.2) is 30.9 Å². The second kappa shape index (κ2) is 4.26. The molecule has 0 bridgehead atoms. The summed E-state index contributed by atoms with van der Waals surface area (Å²) in [5.41, 5.74) is 0.590. The van der Waals surface area contributed by atoms with Gasteiger partial charge in [-0.05, 0) is 17.0 Å². The molecule has 1 fully saturated rings. The van der Waals surface area contributed by atoms with Crippen molar-refractivity contribution in [3.8, 4) is 5.75 Å². The molecule has 1 heterocycles. The molecule has 0 radical (unpaired) electrons. The minimum absolute atomic E-state index is 0.586. The molecule has 3 nitrogen and oxygen atoms in total. The lowest BCUT2D eigenvalue weighted by molar-refractivity contribution is -0.00875. The zero-order valence-corrected chi connectivity index (χ0v) is 10.4. The molecule has 1 aliphatic heterocycles.